The molecule has 0 aromatic carbocycles. The molecule has 0 saturated heterocycles. The maximum absolute atomic E-state index is 4.08. The molecule has 0 spiro atoms. The zero-order valence-corrected chi connectivity index (χ0v) is 9.84. The van der Waals surface area contributed by atoms with Gasteiger partial charge in [-0.05, 0) is 37.3 Å². The van der Waals surface area contributed by atoms with E-state index in [1.807, 2.05) is 13.0 Å². The van der Waals surface area contributed by atoms with Crippen molar-refractivity contribution >= 4 is 0 Å². The van der Waals surface area contributed by atoms with E-state index in [9.17, 15) is 0 Å². The first-order valence-electron chi connectivity index (χ1n) is 5.55. The van der Waals surface area contributed by atoms with Gasteiger partial charge in [-0.3, -0.25) is 0 Å². The SMILES string of the molecule is C=C(C)/C=C\C(=C)C1=CC=C(CC)CC1. The lowest BCUT2D eigenvalue weighted by Gasteiger charge is -2.13. The summed E-state index contributed by atoms with van der Waals surface area (Å²) in [4.78, 5) is 0. The van der Waals surface area contributed by atoms with Crippen LogP contribution in [0.1, 0.15) is 33.1 Å². The molecular weight excluding hydrogens is 180 g/mol. The number of hydrogen-bond acceptors (Lipinski definition) is 0. The third-order valence-corrected chi connectivity index (χ3v) is 2.67. The second kappa shape index (κ2) is 5.55. The van der Waals surface area contributed by atoms with Gasteiger partial charge in [-0.2, -0.15) is 0 Å². The van der Waals surface area contributed by atoms with Crippen LogP contribution in [0.3, 0.4) is 0 Å². The Balaban J connectivity index is 2.67. The van der Waals surface area contributed by atoms with E-state index in [2.05, 4.69) is 38.3 Å². The highest BCUT2D eigenvalue weighted by Gasteiger charge is 2.05. The van der Waals surface area contributed by atoms with Crippen molar-refractivity contribution in [3.05, 3.63) is 59.8 Å². The van der Waals surface area contributed by atoms with Gasteiger partial charge < -0.3 is 0 Å². The summed E-state index contributed by atoms with van der Waals surface area (Å²) < 4.78 is 0. The fourth-order valence-corrected chi connectivity index (χ4v) is 1.59. The normalized spacial score (nSPS) is 16.1. The second-order valence-corrected chi connectivity index (χ2v) is 4.08. The summed E-state index contributed by atoms with van der Waals surface area (Å²) in [5.41, 5.74) is 5.07. The van der Waals surface area contributed by atoms with Crippen LogP contribution in [0.2, 0.25) is 0 Å². The number of rotatable bonds is 4. The van der Waals surface area contributed by atoms with Gasteiger partial charge in [0.25, 0.3) is 0 Å². The Morgan fingerprint density at radius 1 is 1.27 bits per heavy atom. The van der Waals surface area contributed by atoms with Crippen LogP contribution in [-0.2, 0) is 0 Å². The van der Waals surface area contributed by atoms with Crippen LogP contribution in [0.15, 0.2) is 59.8 Å². The van der Waals surface area contributed by atoms with Gasteiger partial charge in [0.1, 0.15) is 0 Å². The van der Waals surface area contributed by atoms with Crippen molar-refractivity contribution in [1.29, 1.82) is 0 Å². The predicted molar refractivity (Wildman–Crippen MR) is 68.8 cm³/mol. The molecule has 15 heavy (non-hydrogen) atoms. The highest BCUT2D eigenvalue weighted by atomic mass is 14.1. The van der Waals surface area contributed by atoms with Gasteiger partial charge in [0, 0.05) is 0 Å². The lowest BCUT2D eigenvalue weighted by atomic mass is 9.92. The minimum atomic E-state index is 1.07. The lowest BCUT2D eigenvalue weighted by molar-refractivity contribution is 0.867. The first-order valence-corrected chi connectivity index (χ1v) is 5.55. The van der Waals surface area contributed by atoms with Crippen molar-refractivity contribution in [2.45, 2.75) is 33.1 Å². The van der Waals surface area contributed by atoms with Crippen LogP contribution < -0.4 is 0 Å². The Kier molecular flexibility index (Phi) is 4.36. The first-order chi connectivity index (χ1) is 7.13. The molecule has 0 heteroatoms. The molecule has 0 saturated carbocycles. The molecule has 0 aliphatic heterocycles. The molecule has 0 aromatic rings. The Bertz CT molecular complexity index is 348. The summed E-state index contributed by atoms with van der Waals surface area (Å²) >= 11 is 0. The lowest BCUT2D eigenvalue weighted by Crippen LogP contribution is -1.94. The van der Waals surface area contributed by atoms with Gasteiger partial charge in [0.2, 0.25) is 0 Å². The zero-order valence-electron chi connectivity index (χ0n) is 9.84. The summed E-state index contributed by atoms with van der Waals surface area (Å²) in [6.45, 7) is 12.1. The van der Waals surface area contributed by atoms with Crippen molar-refractivity contribution in [2.24, 2.45) is 0 Å². The smallest absolute Gasteiger partial charge is 0.0236 e. The van der Waals surface area contributed by atoms with E-state index < -0.39 is 0 Å². The average Bonchev–Trinajstić information content (AvgIpc) is 2.26. The van der Waals surface area contributed by atoms with Crippen molar-refractivity contribution < 1.29 is 0 Å². The fourth-order valence-electron chi connectivity index (χ4n) is 1.59. The Morgan fingerprint density at radius 3 is 2.47 bits per heavy atom. The molecule has 1 aliphatic rings. The average molecular weight is 200 g/mol. The molecule has 0 N–H and O–H groups in total. The van der Waals surface area contributed by atoms with Crippen molar-refractivity contribution in [3.8, 4) is 0 Å². The Hall–Kier alpha value is -1.30. The highest BCUT2D eigenvalue weighted by molar-refractivity contribution is 5.43. The monoisotopic (exact) mass is 200 g/mol. The van der Waals surface area contributed by atoms with Crippen LogP contribution in [-0.4, -0.2) is 0 Å². The Labute approximate surface area is 93.4 Å². The zero-order chi connectivity index (χ0) is 11.3. The molecule has 1 rings (SSSR count). The van der Waals surface area contributed by atoms with E-state index in [1.165, 1.54) is 17.6 Å². The van der Waals surface area contributed by atoms with E-state index in [0.717, 1.165) is 24.0 Å². The third-order valence-electron chi connectivity index (χ3n) is 2.67. The summed E-state index contributed by atoms with van der Waals surface area (Å²) in [5, 5.41) is 0. The standard InChI is InChI=1S/C15H20/c1-5-14-8-10-15(11-9-14)13(4)7-6-12(2)3/h6-8,10H,2,4-5,9,11H2,1,3H3/b7-6-. The summed E-state index contributed by atoms with van der Waals surface area (Å²) in [6.07, 6.45) is 12.0. The van der Waals surface area contributed by atoms with E-state index in [-0.39, 0.29) is 0 Å². The topological polar surface area (TPSA) is 0 Å². The van der Waals surface area contributed by atoms with E-state index >= 15 is 0 Å². The molecule has 0 nitrogen and oxygen atoms in total. The van der Waals surface area contributed by atoms with E-state index in [4.69, 9.17) is 0 Å². The minimum absolute atomic E-state index is 1.07. The molecule has 0 aromatic heterocycles. The van der Waals surface area contributed by atoms with E-state index in [1.54, 1.807) is 0 Å². The molecule has 0 unspecified atom stereocenters. The second-order valence-electron chi connectivity index (χ2n) is 4.08. The predicted octanol–water partition coefficient (Wildman–Crippen LogP) is 4.73. The minimum Gasteiger partial charge on any atom is -0.0961 e. The summed E-state index contributed by atoms with van der Waals surface area (Å²) in [5.74, 6) is 0. The highest BCUT2D eigenvalue weighted by Crippen LogP contribution is 2.25. The van der Waals surface area contributed by atoms with Gasteiger partial charge in [0.15, 0.2) is 0 Å². The van der Waals surface area contributed by atoms with Crippen molar-refractivity contribution in [1.82, 2.24) is 0 Å². The van der Waals surface area contributed by atoms with Crippen LogP contribution in [0.5, 0.6) is 0 Å². The molecule has 0 radical (unpaired) electrons. The molecule has 0 atom stereocenters. The van der Waals surface area contributed by atoms with Gasteiger partial charge in [0.05, 0.1) is 0 Å². The molecule has 0 bridgehead atoms. The van der Waals surface area contributed by atoms with Crippen LogP contribution in [0.4, 0.5) is 0 Å². The quantitative estimate of drug-likeness (QED) is 0.575. The van der Waals surface area contributed by atoms with Crippen molar-refractivity contribution in [2.75, 3.05) is 0 Å². The molecule has 80 valence electrons. The van der Waals surface area contributed by atoms with Crippen LogP contribution in [0.25, 0.3) is 0 Å². The van der Waals surface area contributed by atoms with Gasteiger partial charge >= 0.3 is 0 Å². The molecule has 0 heterocycles. The van der Waals surface area contributed by atoms with Gasteiger partial charge in [-0.25, -0.2) is 0 Å². The maximum Gasteiger partial charge on any atom is -0.0236 e. The summed E-state index contributed by atoms with van der Waals surface area (Å²) in [7, 11) is 0. The molecule has 0 fully saturated rings. The first kappa shape index (κ1) is 11.8. The van der Waals surface area contributed by atoms with Crippen LogP contribution >= 0.6 is 0 Å². The van der Waals surface area contributed by atoms with E-state index in [0.29, 0.717) is 0 Å². The maximum atomic E-state index is 4.08. The van der Waals surface area contributed by atoms with Crippen molar-refractivity contribution in [3.63, 3.8) is 0 Å². The molecule has 1 aliphatic carbocycles. The largest absolute Gasteiger partial charge is 0.0961 e. The summed E-state index contributed by atoms with van der Waals surface area (Å²) in [6, 6.07) is 0. The number of allylic oxidation sites excluding steroid dienone is 8. The fraction of sp³-hybridized carbons (Fsp3) is 0.333. The van der Waals surface area contributed by atoms with Gasteiger partial charge in [-0.1, -0.05) is 55.5 Å². The van der Waals surface area contributed by atoms with Gasteiger partial charge in [-0.15, -0.1) is 0 Å². The Morgan fingerprint density at radius 2 is 2.00 bits per heavy atom. The van der Waals surface area contributed by atoms with Crippen LogP contribution in [0, 0.1) is 0 Å². The molecular formula is C15H20. The third kappa shape index (κ3) is 3.75. The number of hydrogen-bond donors (Lipinski definition) is 0. The molecule has 0 amide bonds.